The first-order valence-electron chi connectivity index (χ1n) is 9.83. The monoisotopic (exact) mass is 433 g/mol. The molecule has 0 spiro atoms. The lowest BCUT2D eigenvalue weighted by Gasteiger charge is -2.15. The number of fused-ring (bicyclic) bond motifs is 1. The van der Waals surface area contributed by atoms with Crippen LogP contribution in [-0.2, 0) is 4.79 Å². The number of carbonyl (C=O) groups excluding carboxylic acids is 1. The number of thioether (sulfide) groups is 1. The molecule has 0 aliphatic heterocycles. The van der Waals surface area contributed by atoms with E-state index in [2.05, 4.69) is 9.88 Å². The molecule has 4 rings (SSSR count). The van der Waals surface area contributed by atoms with Crippen molar-refractivity contribution in [2.45, 2.75) is 17.3 Å². The van der Waals surface area contributed by atoms with Crippen molar-refractivity contribution in [3.8, 4) is 17.2 Å². The minimum absolute atomic E-state index is 0.122. The van der Waals surface area contributed by atoms with Crippen LogP contribution in [0.1, 0.15) is 6.92 Å². The van der Waals surface area contributed by atoms with Crippen molar-refractivity contribution in [2.24, 2.45) is 0 Å². The Kier molecular flexibility index (Phi) is 6.13. The summed E-state index contributed by atoms with van der Waals surface area (Å²) in [5.74, 6) is 1.29. The minimum atomic E-state index is -0.376. The highest BCUT2D eigenvalue weighted by atomic mass is 32.2. The van der Waals surface area contributed by atoms with Gasteiger partial charge in [0.05, 0.1) is 36.2 Å². The predicted molar refractivity (Wildman–Crippen MR) is 125 cm³/mol. The lowest BCUT2D eigenvalue weighted by atomic mass is 10.2. The summed E-state index contributed by atoms with van der Waals surface area (Å²) in [4.78, 5) is 17.7. The van der Waals surface area contributed by atoms with E-state index in [1.165, 1.54) is 11.8 Å². The van der Waals surface area contributed by atoms with Crippen LogP contribution in [0.15, 0.2) is 78.0 Å². The zero-order valence-corrected chi connectivity index (χ0v) is 18.3. The van der Waals surface area contributed by atoms with Gasteiger partial charge in [-0.05, 0) is 55.5 Å². The van der Waals surface area contributed by atoms with Crippen molar-refractivity contribution in [1.82, 2.24) is 9.55 Å². The highest BCUT2D eigenvalue weighted by Crippen LogP contribution is 2.32. The van der Waals surface area contributed by atoms with E-state index in [9.17, 15) is 4.79 Å². The maximum Gasteiger partial charge on any atom is 0.237 e. The van der Waals surface area contributed by atoms with E-state index in [1.807, 2.05) is 79.7 Å². The maximum absolute atomic E-state index is 12.9. The van der Waals surface area contributed by atoms with E-state index in [4.69, 9.17) is 14.5 Å². The van der Waals surface area contributed by atoms with E-state index >= 15 is 0 Å². The van der Waals surface area contributed by atoms with E-state index in [0.29, 0.717) is 11.4 Å². The molecule has 0 unspecified atom stereocenters. The molecule has 0 saturated carbocycles. The summed E-state index contributed by atoms with van der Waals surface area (Å²) >= 11 is 1.41. The van der Waals surface area contributed by atoms with Crippen LogP contribution in [0.2, 0.25) is 0 Å². The van der Waals surface area contributed by atoms with Gasteiger partial charge in [0.1, 0.15) is 11.5 Å². The summed E-state index contributed by atoms with van der Waals surface area (Å²) in [6.45, 7) is 1.87. The molecule has 4 aromatic rings. The Labute approximate surface area is 185 Å². The lowest BCUT2D eigenvalue weighted by Crippen LogP contribution is -2.23. The summed E-state index contributed by atoms with van der Waals surface area (Å²) < 4.78 is 12.7. The second-order valence-corrected chi connectivity index (χ2v) is 8.17. The summed E-state index contributed by atoms with van der Waals surface area (Å²) in [6, 6.07) is 23.1. The van der Waals surface area contributed by atoms with Crippen molar-refractivity contribution in [3.63, 3.8) is 0 Å². The highest BCUT2D eigenvalue weighted by molar-refractivity contribution is 8.00. The largest absolute Gasteiger partial charge is 0.497 e. The maximum atomic E-state index is 12.9. The smallest absolute Gasteiger partial charge is 0.237 e. The molecular formula is C24H23N3O3S. The number of carbonyl (C=O) groups is 1. The van der Waals surface area contributed by atoms with Gasteiger partial charge in [0.2, 0.25) is 5.91 Å². The van der Waals surface area contributed by atoms with Gasteiger partial charge in [-0.15, -0.1) is 0 Å². The number of nitrogens with zero attached hydrogens (tertiary/aromatic N) is 2. The van der Waals surface area contributed by atoms with Crippen LogP contribution in [-0.4, -0.2) is 34.9 Å². The third-order valence-electron chi connectivity index (χ3n) is 4.88. The summed E-state index contributed by atoms with van der Waals surface area (Å²) in [5, 5.41) is 3.32. The first-order chi connectivity index (χ1) is 15.1. The molecule has 7 heteroatoms. The Hall–Kier alpha value is -3.45. The number of aromatic nitrogens is 2. The molecule has 6 nitrogen and oxygen atoms in total. The molecule has 0 radical (unpaired) electrons. The van der Waals surface area contributed by atoms with Crippen molar-refractivity contribution >= 4 is 34.4 Å². The van der Waals surface area contributed by atoms with Gasteiger partial charge in [0.25, 0.3) is 0 Å². The van der Waals surface area contributed by atoms with Crippen molar-refractivity contribution < 1.29 is 14.3 Å². The van der Waals surface area contributed by atoms with Crippen LogP contribution < -0.4 is 14.8 Å². The molecule has 1 heterocycles. The first-order valence-corrected chi connectivity index (χ1v) is 10.7. The second-order valence-electron chi connectivity index (χ2n) is 6.87. The number of anilines is 1. The van der Waals surface area contributed by atoms with Crippen LogP contribution in [0.25, 0.3) is 16.7 Å². The van der Waals surface area contributed by atoms with Gasteiger partial charge in [-0.2, -0.15) is 0 Å². The molecule has 31 heavy (non-hydrogen) atoms. The normalized spacial score (nSPS) is 11.8. The Balaban J connectivity index is 1.63. The summed E-state index contributed by atoms with van der Waals surface area (Å²) in [6.07, 6.45) is 0. The minimum Gasteiger partial charge on any atom is -0.497 e. The average Bonchev–Trinajstić information content (AvgIpc) is 3.17. The average molecular weight is 434 g/mol. The van der Waals surface area contributed by atoms with Crippen molar-refractivity contribution in [3.05, 3.63) is 72.8 Å². The molecule has 3 aromatic carbocycles. The molecule has 158 valence electrons. The van der Waals surface area contributed by atoms with Crippen LogP contribution in [0.3, 0.4) is 0 Å². The van der Waals surface area contributed by atoms with Gasteiger partial charge in [0, 0.05) is 5.69 Å². The predicted octanol–water partition coefficient (Wildman–Crippen LogP) is 5.16. The fourth-order valence-corrected chi connectivity index (χ4v) is 4.20. The number of para-hydroxylation sites is 4. The fourth-order valence-electron chi connectivity index (χ4n) is 3.26. The quantitative estimate of drug-likeness (QED) is 0.408. The Morgan fingerprint density at radius 1 is 0.968 bits per heavy atom. The molecular weight excluding hydrogens is 410 g/mol. The molecule has 1 amide bonds. The number of benzene rings is 3. The fraction of sp³-hybridized carbons (Fsp3) is 0.167. The van der Waals surface area contributed by atoms with Gasteiger partial charge >= 0.3 is 0 Å². The van der Waals surface area contributed by atoms with Gasteiger partial charge in [-0.3, -0.25) is 9.36 Å². The van der Waals surface area contributed by atoms with E-state index in [-0.39, 0.29) is 11.2 Å². The number of amides is 1. The molecule has 1 atom stereocenters. The number of imidazole rings is 1. The lowest BCUT2D eigenvalue weighted by molar-refractivity contribution is -0.115. The molecule has 0 bridgehead atoms. The third-order valence-corrected chi connectivity index (χ3v) is 5.93. The number of hydrogen-bond acceptors (Lipinski definition) is 5. The summed E-state index contributed by atoms with van der Waals surface area (Å²) in [7, 11) is 3.23. The van der Waals surface area contributed by atoms with Gasteiger partial charge < -0.3 is 14.8 Å². The van der Waals surface area contributed by atoms with E-state index in [0.717, 1.165) is 27.6 Å². The third kappa shape index (κ3) is 4.36. The van der Waals surface area contributed by atoms with Crippen LogP contribution in [0, 0.1) is 0 Å². The van der Waals surface area contributed by atoms with E-state index < -0.39 is 0 Å². The second kappa shape index (κ2) is 9.14. The molecule has 0 saturated heterocycles. The Bertz CT molecular complexity index is 1200. The number of rotatable bonds is 7. The van der Waals surface area contributed by atoms with E-state index in [1.54, 1.807) is 14.2 Å². The topological polar surface area (TPSA) is 65.4 Å². The highest BCUT2D eigenvalue weighted by Gasteiger charge is 2.21. The zero-order chi connectivity index (χ0) is 21.8. The number of nitrogens with one attached hydrogen (secondary N) is 1. The molecule has 0 fully saturated rings. The SMILES string of the molecule is COc1ccc(-n2c(S[C@@H](C)C(=O)Nc3ccccc3OC)nc3ccccc32)cc1. The Morgan fingerprint density at radius 3 is 2.42 bits per heavy atom. The zero-order valence-electron chi connectivity index (χ0n) is 17.5. The standard InChI is InChI=1S/C24H23N3O3S/c1-16(23(28)25-20-9-5-7-11-22(20)30-3)31-24-26-19-8-4-6-10-21(19)27(24)17-12-14-18(29-2)15-13-17/h4-16H,1-3H3,(H,25,28)/t16-/m0/s1. The van der Waals surface area contributed by atoms with Crippen LogP contribution in [0.4, 0.5) is 5.69 Å². The van der Waals surface area contributed by atoms with Crippen molar-refractivity contribution in [2.75, 3.05) is 19.5 Å². The van der Waals surface area contributed by atoms with Crippen LogP contribution >= 0.6 is 11.8 Å². The van der Waals surface area contributed by atoms with Crippen LogP contribution in [0.5, 0.6) is 11.5 Å². The molecule has 0 aliphatic carbocycles. The summed E-state index contributed by atoms with van der Waals surface area (Å²) in [5.41, 5.74) is 3.45. The number of methoxy groups -OCH3 is 2. The number of hydrogen-bond donors (Lipinski definition) is 1. The van der Waals surface area contributed by atoms with Crippen molar-refractivity contribution in [1.29, 1.82) is 0 Å². The van der Waals surface area contributed by atoms with Gasteiger partial charge in [-0.1, -0.05) is 36.0 Å². The molecule has 0 aliphatic rings. The molecule has 1 aromatic heterocycles. The number of ether oxygens (including phenoxy) is 2. The molecule has 1 N–H and O–H groups in total. The Morgan fingerprint density at radius 2 is 1.68 bits per heavy atom. The van der Waals surface area contributed by atoms with Gasteiger partial charge in [0.15, 0.2) is 5.16 Å². The van der Waals surface area contributed by atoms with Gasteiger partial charge in [-0.25, -0.2) is 4.98 Å². The first kappa shape index (κ1) is 20.8.